The molecule has 1 fully saturated rings. The fourth-order valence-corrected chi connectivity index (χ4v) is 3.95. The van der Waals surface area contributed by atoms with Gasteiger partial charge in [0.25, 0.3) is 0 Å². The van der Waals surface area contributed by atoms with Gasteiger partial charge in [0, 0.05) is 23.2 Å². The maximum atomic E-state index is 12.9. The molecule has 3 rings (SSSR count). The minimum Gasteiger partial charge on any atom is -0.481 e. The van der Waals surface area contributed by atoms with Crippen LogP contribution in [0.15, 0.2) is 18.2 Å². The lowest BCUT2D eigenvalue weighted by atomic mass is 9.82. The predicted octanol–water partition coefficient (Wildman–Crippen LogP) is 0.645. The number of nitrogens with one attached hydrogen (secondary N) is 2. The number of ketones is 2. The van der Waals surface area contributed by atoms with Gasteiger partial charge in [-0.15, -0.1) is 0 Å². The molecule has 12 nitrogen and oxygen atoms in total. The Balaban J connectivity index is 1.29. The van der Waals surface area contributed by atoms with Crippen molar-refractivity contribution in [2.75, 3.05) is 58.3 Å². The van der Waals surface area contributed by atoms with E-state index in [4.69, 9.17) is 24.1 Å². The second-order valence-corrected chi connectivity index (χ2v) is 8.23. The zero-order valence-electron chi connectivity index (χ0n) is 19.8. The summed E-state index contributed by atoms with van der Waals surface area (Å²) in [6.07, 6.45) is 0.250. The third-order valence-corrected chi connectivity index (χ3v) is 5.75. The van der Waals surface area contributed by atoms with Crippen LogP contribution >= 0.6 is 0 Å². The molecule has 2 amide bonds. The van der Waals surface area contributed by atoms with Gasteiger partial charge in [-0.3, -0.25) is 29.3 Å². The quantitative estimate of drug-likeness (QED) is 0.125. The first-order valence-corrected chi connectivity index (χ1v) is 11.7. The lowest BCUT2D eigenvalue weighted by Crippen LogP contribution is -2.46. The van der Waals surface area contributed by atoms with Crippen LogP contribution in [0.2, 0.25) is 0 Å². The number of aliphatic carboxylic acids is 1. The van der Waals surface area contributed by atoms with Crippen LogP contribution in [0.25, 0.3) is 0 Å². The Labute approximate surface area is 207 Å². The summed E-state index contributed by atoms with van der Waals surface area (Å²) in [4.78, 5) is 59.6. The summed E-state index contributed by atoms with van der Waals surface area (Å²) in [5.74, 6) is -4.60. The Morgan fingerprint density at radius 2 is 1.50 bits per heavy atom. The summed E-state index contributed by atoms with van der Waals surface area (Å²) in [5, 5.41) is 13.7. The number of anilines is 1. The summed E-state index contributed by atoms with van der Waals surface area (Å²) in [6, 6.07) is 4.80. The minimum atomic E-state index is -1.09. The lowest BCUT2D eigenvalue weighted by molar-refractivity contribution is -0.139. The number of rotatable bonds is 16. The van der Waals surface area contributed by atoms with Gasteiger partial charge in [0.05, 0.1) is 64.5 Å². The van der Waals surface area contributed by atoms with E-state index < -0.39 is 35.4 Å². The molecule has 2 unspecified atom stereocenters. The normalized spacial score (nSPS) is 19.3. The molecule has 0 spiro atoms. The standard InChI is InChI=1S/C24H30N2O10/c27-19-4-3-17(24(32)26-19)21-22(30)16-2-1-15(13-18(16)23(21)31)25-14-36-12-11-35-10-9-34-8-7-33-6-5-20(28)29/h1-2,13,17,21,25H,3-12,14H2,(H,28,29)(H,26,27,32). The van der Waals surface area contributed by atoms with Gasteiger partial charge in [-0.05, 0) is 24.6 Å². The van der Waals surface area contributed by atoms with Gasteiger partial charge in [0.1, 0.15) is 6.73 Å². The van der Waals surface area contributed by atoms with Gasteiger partial charge in [-0.25, -0.2) is 0 Å². The molecule has 1 aliphatic carbocycles. The number of Topliss-reactive ketones (excluding diaryl/α,β-unsaturated/α-hetero) is 2. The van der Waals surface area contributed by atoms with Crippen LogP contribution in [-0.4, -0.2) is 87.4 Å². The van der Waals surface area contributed by atoms with Gasteiger partial charge in [-0.2, -0.15) is 0 Å². The molecule has 1 aromatic carbocycles. The zero-order chi connectivity index (χ0) is 25.9. The number of amides is 2. The molecule has 1 heterocycles. The first-order valence-electron chi connectivity index (χ1n) is 11.7. The number of imide groups is 1. The molecule has 0 radical (unpaired) electrons. The Kier molecular flexibility index (Phi) is 10.5. The molecule has 12 heteroatoms. The maximum Gasteiger partial charge on any atom is 0.305 e. The molecule has 36 heavy (non-hydrogen) atoms. The predicted molar refractivity (Wildman–Crippen MR) is 124 cm³/mol. The van der Waals surface area contributed by atoms with Crippen molar-refractivity contribution in [3.8, 4) is 0 Å². The summed E-state index contributed by atoms with van der Waals surface area (Å²) < 4.78 is 21.2. The van der Waals surface area contributed by atoms with Crippen molar-refractivity contribution in [2.24, 2.45) is 11.8 Å². The van der Waals surface area contributed by atoms with E-state index in [1.165, 1.54) is 0 Å². The van der Waals surface area contributed by atoms with Crippen molar-refractivity contribution in [1.29, 1.82) is 0 Å². The van der Waals surface area contributed by atoms with Crippen molar-refractivity contribution in [3.63, 3.8) is 0 Å². The average Bonchev–Trinajstić information content (AvgIpc) is 3.08. The Bertz CT molecular complexity index is 980. The highest BCUT2D eigenvalue weighted by atomic mass is 16.6. The molecule has 2 atom stereocenters. The van der Waals surface area contributed by atoms with Crippen molar-refractivity contribution in [2.45, 2.75) is 19.3 Å². The number of carbonyl (C=O) groups excluding carboxylic acids is 4. The van der Waals surface area contributed by atoms with Crippen molar-refractivity contribution < 1.29 is 48.0 Å². The Morgan fingerprint density at radius 1 is 0.889 bits per heavy atom. The smallest absolute Gasteiger partial charge is 0.305 e. The number of piperidine rings is 1. The largest absolute Gasteiger partial charge is 0.481 e. The second kappa shape index (κ2) is 13.8. The molecule has 0 aromatic heterocycles. The zero-order valence-corrected chi connectivity index (χ0v) is 19.8. The Morgan fingerprint density at radius 3 is 2.14 bits per heavy atom. The van der Waals surface area contributed by atoms with E-state index in [1.54, 1.807) is 18.2 Å². The second-order valence-electron chi connectivity index (χ2n) is 8.23. The topological polar surface area (TPSA) is 167 Å². The first-order chi connectivity index (χ1) is 17.4. The van der Waals surface area contributed by atoms with Gasteiger partial charge < -0.3 is 29.4 Å². The fraction of sp³-hybridized carbons (Fsp3) is 0.542. The van der Waals surface area contributed by atoms with Crippen LogP contribution < -0.4 is 10.6 Å². The monoisotopic (exact) mass is 506 g/mol. The Hall–Kier alpha value is -3.19. The summed E-state index contributed by atoms with van der Waals surface area (Å²) in [5.41, 5.74) is 1.14. The molecule has 3 N–H and O–H groups in total. The van der Waals surface area contributed by atoms with Crippen molar-refractivity contribution >= 4 is 35.0 Å². The van der Waals surface area contributed by atoms with Crippen molar-refractivity contribution in [1.82, 2.24) is 5.32 Å². The van der Waals surface area contributed by atoms with E-state index in [-0.39, 0.29) is 49.5 Å². The lowest BCUT2D eigenvalue weighted by Gasteiger charge is -2.23. The van der Waals surface area contributed by atoms with E-state index >= 15 is 0 Å². The van der Waals surface area contributed by atoms with Gasteiger partial charge >= 0.3 is 5.97 Å². The highest BCUT2D eigenvalue weighted by molar-refractivity contribution is 6.28. The summed E-state index contributed by atoms with van der Waals surface area (Å²) >= 11 is 0. The highest BCUT2D eigenvalue weighted by Crippen LogP contribution is 2.36. The maximum absolute atomic E-state index is 12.9. The van der Waals surface area contributed by atoms with Crippen LogP contribution in [0.1, 0.15) is 40.0 Å². The van der Waals surface area contributed by atoms with E-state index in [1.807, 2.05) is 0 Å². The SMILES string of the molecule is O=C(O)CCOCCOCCOCCOCNc1ccc2c(c1)C(=O)C(C1CCC(=O)NC1=O)C2=O. The number of hydrogen-bond donors (Lipinski definition) is 3. The summed E-state index contributed by atoms with van der Waals surface area (Å²) in [7, 11) is 0. The number of carbonyl (C=O) groups is 5. The molecule has 1 saturated heterocycles. The average molecular weight is 507 g/mol. The van der Waals surface area contributed by atoms with Crippen LogP contribution in [0, 0.1) is 11.8 Å². The number of hydrogen-bond acceptors (Lipinski definition) is 10. The summed E-state index contributed by atoms with van der Waals surface area (Å²) in [6.45, 7) is 2.42. The number of fused-ring (bicyclic) bond motifs is 1. The van der Waals surface area contributed by atoms with Crippen LogP contribution in [0.5, 0.6) is 0 Å². The third-order valence-electron chi connectivity index (χ3n) is 5.75. The number of carboxylic acids is 1. The van der Waals surface area contributed by atoms with Crippen LogP contribution in [0.4, 0.5) is 5.69 Å². The van der Waals surface area contributed by atoms with Crippen LogP contribution in [-0.2, 0) is 33.3 Å². The number of benzene rings is 1. The third kappa shape index (κ3) is 7.65. The van der Waals surface area contributed by atoms with E-state index in [0.29, 0.717) is 45.3 Å². The molecule has 0 bridgehead atoms. The molecule has 2 aliphatic rings. The highest BCUT2D eigenvalue weighted by Gasteiger charge is 2.47. The fourth-order valence-electron chi connectivity index (χ4n) is 3.95. The molecular formula is C24H30N2O10. The minimum absolute atomic E-state index is 0.0345. The van der Waals surface area contributed by atoms with Gasteiger partial charge in [-0.1, -0.05) is 0 Å². The molecular weight excluding hydrogens is 476 g/mol. The number of ether oxygens (including phenoxy) is 4. The van der Waals surface area contributed by atoms with E-state index in [2.05, 4.69) is 10.6 Å². The van der Waals surface area contributed by atoms with Crippen molar-refractivity contribution in [3.05, 3.63) is 29.3 Å². The molecule has 1 aromatic rings. The number of carboxylic acid groups (broad SMARTS) is 1. The molecule has 1 aliphatic heterocycles. The first kappa shape index (κ1) is 27.4. The van der Waals surface area contributed by atoms with E-state index in [9.17, 15) is 24.0 Å². The van der Waals surface area contributed by atoms with Crippen LogP contribution in [0.3, 0.4) is 0 Å². The molecule has 196 valence electrons. The molecule has 0 saturated carbocycles. The van der Waals surface area contributed by atoms with Gasteiger partial charge in [0.2, 0.25) is 11.8 Å². The van der Waals surface area contributed by atoms with E-state index in [0.717, 1.165) is 0 Å². The van der Waals surface area contributed by atoms with Gasteiger partial charge in [0.15, 0.2) is 11.6 Å².